The molecule has 0 aliphatic carbocycles. The van der Waals surface area contributed by atoms with Crippen molar-refractivity contribution >= 4 is 17.9 Å². The molecule has 6 nitrogen and oxygen atoms in total. The van der Waals surface area contributed by atoms with E-state index in [9.17, 15) is 14.4 Å². The van der Waals surface area contributed by atoms with Crippen LogP contribution in [-0.4, -0.2) is 37.2 Å². The topological polar surface area (TPSA) is 78.9 Å². The summed E-state index contributed by atoms with van der Waals surface area (Å²) in [6.07, 6.45) is 75.2. The van der Waals surface area contributed by atoms with Crippen LogP contribution < -0.4 is 0 Å². The molecule has 0 heterocycles. The zero-order valence-corrected chi connectivity index (χ0v) is 49.4. The fourth-order valence-corrected chi connectivity index (χ4v) is 10.0. The molecule has 0 aromatic rings. The van der Waals surface area contributed by atoms with Gasteiger partial charge in [-0.25, -0.2) is 0 Å². The molecule has 6 heteroatoms. The predicted octanol–water partition coefficient (Wildman–Crippen LogP) is 22.2. The highest BCUT2D eigenvalue weighted by Gasteiger charge is 2.19. The summed E-state index contributed by atoms with van der Waals surface area (Å²) in [5, 5.41) is 0. The summed E-state index contributed by atoms with van der Waals surface area (Å²) in [6.45, 7) is 6.63. The standard InChI is InChI=1S/C67H126O6/c1-4-7-10-13-16-19-21-23-25-26-27-28-29-30-31-32-33-34-35-36-37-38-39-40-41-43-44-46-48-51-54-57-60-66(69)72-63-64(62-71-65(68)59-56-53-50-18-15-12-9-6-3)73-67(70)61-58-55-52-49-47-45-42-24-22-20-17-14-11-8-5-2/h17,20,24,42,64H,4-16,18-19,21-23,25-41,43-63H2,1-3H3/b20-17-,42-24-. The summed E-state index contributed by atoms with van der Waals surface area (Å²) in [7, 11) is 0. The van der Waals surface area contributed by atoms with Crippen molar-refractivity contribution in [2.75, 3.05) is 13.2 Å². The summed E-state index contributed by atoms with van der Waals surface area (Å²) >= 11 is 0. The van der Waals surface area contributed by atoms with E-state index in [1.807, 2.05) is 0 Å². The Morgan fingerprint density at radius 1 is 0.274 bits per heavy atom. The minimum Gasteiger partial charge on any atom is -0.462 e. The number of ether oxygens (including phenoxy) is 3. The Bertz CT molecular complexity index is 1180. The molecule has 0 saturated carbocycles. The van der Waals surface area contributed by atoms with Gasteiger partial charge in [-0.2, -0.15) is 0 Å². The van der Waals surface area contributed by atoms with Gasteiger partial charge in [0.25, 0.3) is 0 Å². The molecule has 0 N–H and O–H groups in total. The molecule has 0 spiro atoms. The highest BCUT2D eigenvalue weighted by molar-refractivity contribution is 5.71. The molecule has 0 amide bonds. The van der Waals surface area contributed by atoms with Crippen LogP contribution in [0.1, 0.15) is 367 Å². The minimum atomic E-state index is -0.773. The molecule has 0 radical (unpaired) electrons. The zero-order valence-electron chi connectivity index (χ0n) is 49.4. The van der Waals surface area contributed by atoms with Crippen LogP contribution in [0.5, 0.6) is 0 Å². The molecule has 0 aliphatic heterocycles. The quantitative estimate of drug-likeness (QED) is 0.0261. The minimum absolute atomic E-state index is 0.0720. The van der Waals surface area contributed by atoms with Crippen molar-refractivity contribution in [1.82, 2.24) is 0 Å². The van der Waals surface area contributed by atoms with Gasteiger partial charge in [-0.15, -0.1) is 0 Å². The Kier molecular flexibility index (Phi) is 60.6. The molecule has 1 atom stereocenters. The van der Waals surface area contributed by atoms with Crippen molar-refractivity contribution in [1.29, 1.82) is 0 Å². The Labute approximate surface area is 455 Å². The van der Waals surface area contributed by atoms with E-state index in [0.29, 0.717) is 19.3 Å². The van der Waals surface area contributed by atoms with Crippen LogP contribution >= 0.6 is 0 Å². The van der Waals surface area contributed by atoms with Crippen molar-refractivity contribution in [3.63, 3.8) is 0 Å². The largest absolute Gasteiger partial charge is 0.462 e. The fraction of sp³-hybridized carbons (Fsp3) is 0.896. The van der Waals surface area contributed by atoms with Crippen LogP contribution in [-0.2, 0) is 28.6 Å². The van der Waals surface area contributed by atoms with E-state index in [4.69, 9.17) is 14.2 Å². The van der Waals surface area contributed by atoms with Crippen molar-refractivity contribution in [2.24, 2.45) is 0 Å². The monoisotopic (exact) mass is 1030 g/mol. The van der Waals surface area contributed by atoms with Gasteiger partial charge in [0.05, 0.1) is 0 Å². The van der Waals surface area contributed by atoms with Crippen molar-refractivity contribution in [2.45, 2.75) is 374 Å². The summed E-state index contributed by atoms with van der Waals surface area (Å²) in [5.74, 6) is -0.869. The molecule has 0 aliphatic rings. The van der Waals surface area contributed by atoms with Crippen LogP contribution in [0.2, 0.25) is 0 Å². The third-order valence-corrected chi connectivity index (χ3v) is 15.0. The number of carbonyl (C=O) groups is 3. The molecular weight excluding hydrogens is 901 g/mol. The first kappa shape index (κ1) is 70.9. The molecule has 0 fully saturated rings. The molecule has 73 heavy (non-hydrogen) atoms. The molecule has 0 bridgehead atoms. The first-order valence-electron chi connectivity index (χ1n) is 32.8. The van der Waals surface area contributed by atoms with Crippen LogP contribution in [0.3, 0.4) is 0 Å². The number of rotatable bonds is 61. The maximum atomic E-state index is 12.8. The normalized spacial score (nSPS) is 12.1. The van der Waals surface area contributed by atoms with Gasteiger partial charge in [-0.05, 0) is 51.4 Å². The lowest BCUT2D eigenvalue weighted by Crippen LogP contribution is -2.30. The van der Waals surface area contributed by atoms with Gasteiger partial charge in [-0.1, -0.05) is 321 Å². The Hall–Kier alpha value is -2.11. The van der Waals surface area contributed by atoms with Gasteiger partial charge in [0, 0.05) is 19.3 Å². The molecule has 1 unspecified atom stereocenters. The third-order valence-electron chi connectivity index (χ3n) is 15.0. The van der Waals surface area contributed by atoms with Gasteiger partial charge in [0.15, 0.2) is 6.10 Å². The second-order valence-electron chi connectivity index (χ2n) is 22.4. The van der Waals surface area contributed by atoms with Crippen LogP contribution in [0, 0.1) is 0 Å². The lowest BCUT2D eigenvalue weighted by Gasteiger charge is -2.18. The van der Waals surface area contributed by atoms with E-state index in [-0.39, 0.29) is 31.1 Å². The van der Waals surface area contributed by atoms with E-state index in [1.54, 1.807) is 0 Å². The second-order valence-corrected chi connectivity index (χ2v) is 22.4. The average molecular weight is 1030 g/mol. The van der Waals surface area contributed by atoms with Gasteiger partial charge >= 0.3 is 17.9 Å². The van der Waals surface area contributed by atoms with Gasteiger partial charge in [0.2, 0.25) is 0 Å². The number of hydrogen-bond acceptors (Lipinski definition) is 6. The Morgan fingerprint density at radius 2 is 0.493 bits per heavy atom. The van der Waals surface area contributed by atoms with Crippen molar-refractivity contribution in [3.05, 3.63) is 24.3 Å². The molecule has 0 aromatic heterocycles. The van der Waals surface area contributed by atoms with Crippen molar-refractivity contribution in [3.8, 4) is 0 Å². The number of hydrogen-bond donors (Lipinski definition) is 0. The number of allylic oxidation sites excluding steroid dienone is 4. The number of esters is 3. The highest BCUT2D eigenvalue weighted by atomic mass is 16.6. The number of carbonyl (C=O) groups excluding carboxylic acids is 3. The van der Waals surface area contributed by atoms with Crippen LogP contribution in [0.4, 0.5) is 0 Å². The summed E-state index contributed by atoms with van der Waals surface area (Å²) < 4.78 is 16.8. The first-order chi connectivity index (χ1) is 36.0. The number of unbranched alkanes of at least 4 members (excludes halogenated alkanes) is 46. The second kappa shape index (κ2) is 62.4. The molecule has 0 rings (SSSR count). The average Bonchev–Trinajstić information content (AvgIpc) is 3.39. The van der Waals surface area contributed by atoms with E-state index in [1.165, 1.54) is 250 Å². The molecular formula is C67H126O6. The lowest BCUT2D eigenvalue weighted by molar-refractivity contribution is -0.167. The van der Waals surface area contributed by atoms with Gasteiger partial charge < -0.3 is 14.2 Å². The van der Waals surface area contributed by atoms with Crippen LogP contribution in [0.25, 0.3) is 0 Å². The van der Waals surface area contributed by atoms with E-state index >= 15 is 0 Å². The fourth-order valence-electron chi connectivity index (χ4n) is 10.0. The van der Waals surface area contributed by atoms with E-state index < -0.39 is 6.10 Å². The Balaban J connectivity index is 3.97. The third kappa shape index (κ3) is 60.6. The van der Waals surface area contributed by atoms with Crippen LogP contribution in [0.15, 0.2) is 24.3 Å². The van der Waals surface area contributed by atoms with Gasteiger partial charge in [-0.3, -0.25) is 14.4 Å². The summed E-state index contributed by atoms with van der Waals surface area (Å²) in [6, 6.07) is 0. The Morgan fingerprint density at radius 3 is 0.781 bits per heavy atom. The molecule has 430 valence electrons. The van der Waals surface area contributed by atoms with Gasteiger partial charge in [0.1, 0.15) is 13.2 Å². The molecule has 0 aromatic carbocycles. The SMILES string of the molecule is CCCCC/C=C\C/C=C\CCCCCCCC(=O)OC(COC(=O)CCCCCCCCCC)COC(=O)CCCCCCCCCCCCCCCCCCCCCCCCCCCCCCCCCC. The molecule has 0 saturated heterocycles. The lowest BCUT2D eigenvalue weighted by atomic mass is 10.0. The first-order valence-corrected chi connectivity index (χ1v) is 32.8. The maximum Gasteiger partial charge on any atom is 0.306 e. The van der Waals surface area contributed by atoms with E-state index in [2.05, 4.69) is 45.1 Å². The highest BCUT2D eigenvalue weighted by Crippen LogP contribution is 2.18. The van der Waals surface area contributed by atoms with Crippen molar-refractivity contribution < 1.29 is 28.6 Å². The van der Waals surface area contributed by atoms with E-state index in [0.717, 1.165) is 77.0 Å². The summed E-state index contributed by atoms with van der Waals surface area (Å²) in [5.41, 5.74) is 0. The maximum absolute atomic E-state index is 12.8. The predicted molar refractivity (Wildman–Crippen MR) is 316 cm³/mol. The zero-order chi connectivity index (χ0) is 52.9. The summed E-state index contributed by atoms with van der Waals surface area (Å²) in [4.78, 5) is 38.0. The smallest absolute Gasteiger partial charge is 0.306 e.